The van der Waals surface area contributed by atoms with Gasteiger partial charge < -0.3 is 15.3 Å². The third-order valence-electron chi connectivity index (χ3n) is 2.96. The summed E-state index contributed by atoms with van der Waals surface area (Å²) in [7, 11) is 0. The lowest BCUT2D eigenvalue weighted by Gasteiger charge is -2.33. The number of hydrogen-bond donors (Lipinski definition) is 2. The summed E-state index contributed by atoms with van der Waals surface area (Å²) in [6.07, 6.45) is 0.989. The fourth-order valence-electron chi connectivity index (χ4n) is 1.93. The quantitative estimate of drug-likeness (QED) is 0.669. The van der Waals surface area contributed by atoms with Gasteiger partial charge in [0.25, 0.3) is 0 Å². The lowest BCUT2D eigenvalue weighted by Crippen LogP contribution is -2.52. The molecular formula is C12H23N3O3S. The van der Waals surface area contributed by atoms with E-state index in [4.69, 9.17) is 5.11 Å². The van der Waals surface area contributed by atoms with Crippen molar-refractivity contribution in [2.75, 3.05) is 50.8 Å². The molecule has 2 amide bonds. The Kier molecular flexibility index (Phi) is 7.66. The highest BCUT2D eigenvalue weighted by Crippen LogP contribution is 2.02. The summed E-state index contributed by atoms with van der Waals surface area (Å²) in [4.78, 5) is 26.0. The second-order valence-corrected chi connectivity index (χ2v) is 5.83. The van der Waals surface area contributed by atoms with E-state index in [1.54, 1.807) is 4.90 Å². The molecule has 110 valence electrons. The van der Waals surface area contributed by atoms with E-state index >= 15 is 0 Å². The topological polar surface area (TPSA) is 72.9 Å². The number of carboxylic acids is 1. The van der Waals surface area contributed by atoms with Crippen LogP contribution in [-0.4, -0.2) is 77.7 Å². The van der Waals surface area contributed by atoms with Crippen molar-refractivity contribution in [3.8, 4) is 0 Å². The zero-order valence-electron chi connectivity index (χ0n) is 11.4. The summed E-state index contributed by atoms with van der Waals surface area (Å²) < 4.78 is 0. The van der Waals surface area contributed by atoms with Crippen molar-refractivity contribution >= 4 is 23.8 Å². The standard InChI is InChI=1S/C12H23N3O3S/c1-2-19-9-3-4-13-12(18)15-7-5-14(6-8-15)10-11(16)17/h2-10H2,1H3,(H,13,18)(H,16,17). The fourth-order valence-corrected chi connectivity index (χ4v) is 2.56. The summed E-state index contributed by atoms with van der Waals surface area (Å²) in [5.74, 6) is 1.37. The maximum atomic E-state index is 11.8. The van der Waals surface area contributed by atoms with Gasteiger partial charge in [0, 0.05) is 32.7 Å². The van der Waals surface area contributed by atoms with Crippen LogP contribution < -0.4 is 5.32 Å². The summed E-state index contributed by atoms with van der Waals surface area (Å²) in [6.45, 7) is 5.35. The van der Waals surface area contributed by atoms with Crippen molar-refractivity contribution < 1.29 is 14.7 Å². The van der Waals surface area contributed by atoms with E-state index in [9.17, 15) is 9.59 Å². The molecule has 0 saturated carbocycles. The van der Waals surface area contributed by atoms with Crippen LogP contribution in [0.2, 0.25) is 0 Å². The highest BCUT2D eigenvalue weighted by atomic mass is 32.2. The van der Waals surface area contributed by atoms with Crippen molar-refractivity contribution in [3.63, 3.8) is 0 Å². The number of aliphatic carboxylic acids is 1. The van der Waals surface area contributed by atoms with Crippen LogP contribution in [0.15, 0.2) is 0 Å². The Morgan fingerprint density at radius 3 is 2.53 bits per heavy atom. The van der Waals surface area contributed by atoms with Gasteiger partial charge in [0.2, 0.25) is 0 Å². The van der Waals surface area contributed by atoms with Gasteiger partial charge in [-0.05, 0) is 17.9 Å². The van der Waals surface area contributed by atoms with Crippen LogP contribution in [0.4, 0.5) is 4.79 Å². The van der Waals surface area contributed by atoms with Crippen LogP contribution in [0.5, 0.6) is 0 Å². The van der Waals surface area contributed by atoms with Crippen molar-refractivity contribution in [1.29, 1.82) is 0 Å². The fraction of sp³-hybridized carbons (Fsp3) is 0.833. The Morgan fingerprint density at radius 1 is 1.26 bits per heavy atom. The number of nitrogens with zero attached hydrogens (tertiary/aromatic N) is 2. The molecule has 0 unspecified atom stereocenters. The highest BCUT2D eigenvalue weighted by Gasteiger charge is 2.21. The van der Waals surface area contributed by atoms with Crippen LogP contribution in [-0.2, 0) is 4.79 Å². The molecule has 1 aliphatic heterocycles. The molecule has 0 aromatic heterocycles. The molecule has 1 saturated heterocycles. The SMILES string of the molecule is CCSCCCNC(=O)N1CCN(CC(=O)O)CC1. The van der Waals surface area contributed by atoms with E-state index in [0.717, 1.165) is 17.9 Å². The predicted molar refractivity (Wildman–Crippen MR) is 76.7 cm³/mol. The minimum absolute atomic E-state index is 0.0310. The average molecular weight is 289 g/mol. The second-order valence-electron chi connectivity index (χ2n) is 4.44. The lowest BCUT2D eigenvalue weighted by molar-refractivity contribution is -0.138. The maximum Gasteiger partial charge on any atom is 0.317 e. The number of thioether (sulfide) groups is 1. The highest BCUT2D eigenvalue weighted by molar-refractivity contribution is 7.99. The van der Waals surface area contributed by atoms with E-state index in [1.807, 2.05) is 16.7 Å². The molecule has 0 aromatic carbocycles. The van der Waals surface area contributed by atoms with Crippen molar-refractivity contribution in [2.24, 2.45) is 0 Å². The molecule has 0 bridgehead atoms. The van der Waals surface area contributed by atoms with E-state index in [-0.39, 0.29) is 12.6 Å². The molecule has 2 N–H and O–H groups in total. The zero-order valence-corrected chi connectivity index (χ0v) is 12.2. The molecule has 0 atom stereocenters. The molecule has 1 rings (SSSR count). The molecule has 7 heteroatoms. The first-order chi connectivity index (χ1) is 9.13. The van der Waals surface area contributed by atoms with Gasteiger partial charge >= 0.3 is 12.0 Å². The molecular weight excluding hydrogens is 266 g/mol. The number of carbonyl (C=O) groups excluding carboxylic acids is 1. The monoisotopic (exact) mass is 289 g/mol. The molecule has 0 radical (unpaired) electrons. The number of rotatable bonds is 7. The van der Waals surface area contributed by atoms with Gasteiger partial charge in [-0.2, -0.15) is 11.8 Å². The van der Waals surface area contributed by atoms with Gasteiger partial charge in [-0.3, -0.25) is 9.69 Å². The zero-order chi connectivity index (χ0) is 14.1. The molecule has 1 heterocycles. The van der Waals surface area contributed by atoms with Gasteiger partial charge in [-0.1, -0.05) is 6.92 Å². The summed E-state index contributed by atoms with van der Waals surface area (Å²) in [6, 6.07) is -0.0310. The van der Waals surface area contributed by atoms with E-state index in [1.165, 1.54) is 0 Å². The van der Waals surface area contributed by atoms with Crippen LogP contribution in [0.3, 0.4) is 0 Å². The largest absolute Gasteiger partial charge is 0.480 e. The third kappa shape index (κ3) is 6.68. The molecule has 1 aliphatic rings. The smallest absolute Gasteiger partial charge is 0.317 e. The Hall–Kier alpha value is -0.950. The van der Waals surface area contributed by atoms with Gasteiger partial charge in [0.15, 0.2) is 0 Å². The Labute approximate surface area is 118 Å². The number of urea groups is 1. The minimum atomic E-state index is -0.814. The summed E-state index contributed by atoms with van der Waals surface area (Å²) in [5, 5.41) is 11.6. The summed E-state index contributed by atoms with van der Waals surface area (Å²) >= 11 is 1.87. The third-order valence-corrected chi connectivity index (χ3v) is 3.95. The lowest BCUT2D eigenvalue weighted by atomic mass is 10.3. The molecule has 0 spiro atoms. The van der Waals surface area contributed by atoms with Crippen LogP contribution in [0, 0.1) is 0 Å². The van der Waals surface area contributed by atoms with E-state index in [0.29, 0.717) is 32.7 Å². The summed E-state index contributed by atoms with van der Waals surface area (Å²) in [5.41, 5.74) is 0. The van der Waals surface area contributed by atoms with Crippen molar-refractivity contribution in [3.05, 3.63) is 0 Å². The van der Waals surface area contributed by atoms with Crippen molar-refractivity contribution in [2.45, 2.75) is 13.3 Å². The van der Waals surface area contributed by atoms with Gasteiger partial charge in [-0.15, -0.1) is 0 Å². The average Bonchev–Trinajstić information content (AvgIpc) is 2.38. The van der Waals surface area contributed by atoms with Gasteiger partial charge in [0.1, 0.15) is 0 Å². The number of nitrogens with one attached hydrogen (secondary N) is 1. The number of amides is 2. The van der Waals surface area contributed by atoms with E-state index < -0.39 is 5.97 Å². The minimum Gasteiger partial charge on any atom is -0.480 e. The number of hydrogen-bond acceptors (Lipinski definition) is 4. The number of carbonyl (C=O) groups is 2. The first-order valence-corrected chi connectivity index (χ1v) is 7.83. The van der Waals surface area contributed by atoms with Crippen LogP contribution >= 0.6 is 11.8 Å². The van der Waals surface area contributed by atoms with Gasteiger partial charge in [-0.25, -0.2) is 4.79 Å². The first-order valence-electron chi connectivity index (χ1n) is 6.68. The first kappa shape index (κ1) is 16.1. The maximum absolute atomic E-state index is 11.8. The second kappa shape index (κ2) is 9.03. The number of carboxylic acid groups (broad SMARTS) is 1. The Balaban J connectivity index is 2.12. The normalized spacial score (nSPS) is 16.4. The van der Waals surface area contributed by atoms with E-state index in [2.05, 4.69) is 12.2 Å². The van der Waals surface area contributed by atoms with Crippen LogP contribution in [0.25, 0.3) is 0 Å². The number of piperazine rings is 1. The molecule has 6 nitrogen and oxygen atoms in total. The molecule has 0 aliphatic carbocycles. The predicted octanol–water partition coefficient (Wildman–Crippen LogP) is 0.541. The van der Waals surface area contributed by atoms with Gasteiger partial charge in [0.05, 0.1) is 6.54 Å². The molecule has 19 heavy (non-hydrogen) atoms. The molecule has 1 fully saturated rings. The Bertz CT molecular complexity index is 294. The van der Waals surface area contributed by atoms with Crippen LogP contribution in [0.1, 0.15) is 13.3 Å². The molecule has 0 aromatic rings. The Morgan fingerprint density at radius 2 is 1.95 bits per heavy atom. The van der Waals surface area contributed by atoms with Crippen molar-refractivity contribution in [1.82, 2.24) is 15.1 Å².